The number of aliphatic hydroxyl groups excluding tert-OH is 1. The Bertz CT molecular complexity index is 538. The lowest BCUT2D eigenvalue weighted by Crippen LogP contribution is -2.52. The zero-order valence-electron chi connectivity index (χ0n) is 12.0. The fourth-order valence-corrected chi connectivity index (χ4v) is 2.55. The average Bonchev–Trinajstić information content (AvgIpc) is 2.52. The van der Waals surface area contributed by atoms with Crippen LogP contribution in [0, 0.1) is 0 Å². The summed E-state index contributed by atoms with van der Waals surface area (Å²) in [7, 11) is 0. The van der Waals surface area contributed by atoms with Crippen LogP contribution in [0.3, 0.4) is 0 Å². The molecular formula is C15H19ClN2O4. The summed E-state index contributed by atoms with van der Waals surface area (Å²) in [4.78, 5) is 23.9. The van der Waals surface area contributed by atoms with Crippen molar-refractivity contribution < 1.29 is 19.4 Å². The summed E-state index contributed by atoms with van der Waals surface area (Å²) in [6.07, 6.45) is 0.473. The van der Waals surface area contributed by atoms with Crippen LogP contribution in [-0.4, -0.2) is 42.8 Å². The second kappa shape index (κ2) is 8.12. The highest BCUT2D eigenvalue weighted by atomic mass is 35.5. The lowest BCUT2D eigenvalue weighted by molar-refractivity contribution is -0.148. The van der Waals surface area contributed by atoms with Crippen molar-refractivity contribution in [1.29, 1.82) is 0 Å². The number of nitrogens with one attached hydrogen (secondary N) is 2. The predicted molar refractivity (Wildman–Crippen MR) is 81.4 cm³/mol. The van der Waals surface area contributed by atoms with Gasteiger partial charge in [-0.1, -0.05) is 29.8 Å². The topological polar surface area (TPSA) is 87.7 Å². The van der Waals surface area contributed by atoms with Gasteiger partial charge < -0.3 is 20.5 Å². The molecule has 2 amide bonds. The van der Waals surface area contributed by atoms with Crippen LogP contribution in [0.1, 0.15) is 24.4 Å². The van der Waals surface area contributed by atoms with Crippen molar-refractivity contribution in [3.8, 4) is 0 Å². The lowest BCUT2D eigenvalue weighted by atomic mass is 9.99. The summed E-state index contributed by atoms with van der Waals surface area (Å²) in [5.74, 6) is -0.586. The Hall–Kier alpha value is -1.63. The fourth-order valence-electron chi connectivity index (χ4n) is 2.30. The number of rotatable bonds is 6. The molecule has 0 aromatic heterocycles. The second-order valence-electron chi connectivity index (χ2n) is 5.02. The number of benzene rings is 1. The molecule has 120 valence electrons. The molecule has 1 aromatic carbocycles. The third kappa shape index (κ3) is 4.19. The molecule has 2 rings (SSSR count). The van der Waals surface area contributed by atoms with Gasteiger partial charge in [-0.2, -0.15) is 0 Å². The van der Waals surface area contributed by atoms with E-state index in [1.54, 1.807) is 24.3 Å². The third-order valence-electron chi connectivity index (χ3n) is 3.40. The Morgan fingerprint density at radius 1 is 1.41 bits per heavy atom. The molecule has 1 aliphatic rings. The monoisotopic (exact) mass is 326 g/mol. The van der Waals surface area contributed by atoms with Gasteiger partial charge in [0.1, 0.15) is 6.61 Å². The number of halogens is 1. The first-order valence-corrected chi connectivity index (χ1v) is 7.55. The molecule has 1 aromatic rings. The Labute approximate surface area is 133 Å². The smallest absolute Gasteiger partial charge is 0.251 e. The van der Waals surface area contributed by atoms with Gasteiger partial charge in [0.25, 0.3) is 5.91 Å². The molecule has 3 N–H and O–H groups in total. The number of morpholine rings is 1. The first-order valence-electron chi connectivity index (χ1n) is 7.17. The van der Waals surface area contributed by atoms with Crippen LogP contribution in [0.15, 0.2) is 24.3 Å². The van der Waals surface area contributed by atoms with Crippen molar-refractivity contribution in [1.82, 2.24) is 10.6 Å². The van der Waals surface area contributed by atoms with Crippen LogP contribution >= 0.6 is 11.6 Å². The minimum absolute atomic E-state index is 0.0914. The maximum absolute atomic E-state index is 12.3. The minimum Gasteiger partial charge on any atom is -0.396 e. The summed E-state index contributed by atoms with van der Waals surface area (Å²) in [5, 5.41) is 14.7. The molecule has 1 heterocycles. The van der Waals surface area contributed by atoms with E-state index in [1.165, 1.54) is 0 Å². The maximum Gasteiger partial charge on any atom is 0.251 e. The normalized spacial score (nSPS) is 21.3. The molecule has 22 heavy (non-hydrogen) atoms. The Morgan fingerprint density at radius 2 is 2.18 bits per heavy atom. The van der Waals surface area contributed by atoms with Gasteiger partial charge in [-0.25, -0.2) is 0 Å². The molecule has 1 fully saturated rings. The molecule has 0 aliphatic carbocycles. The summed E-state index contributed by atoms with van der Waals surface area (Å²) >= 11 is 6.15. The van der Waals surface area contributed by atoms with Crippen molar-refractivity contribution in [2.24, 2.45) is 0 Å². The third-order valence-corrected chi connectivity index (χ3v) is 3.74. The standard InChI is InChI=1S/C15H19ClN2O4/c16-11-6-2-1-5-10(11)13-14(22-9-12(20)18-13)15(21)17-7-3-4-8-19/h1-2,5-6,13-14,19H,3-4,7-9H2,(H,17,21)(H,18,20)/t13-,14+/m1/s1. The molecule has 0 radical (unpaired) electrons. The van der Waals surface area contributed by atoms with Gasteiger partial charge in [-0.05, 0) is 24.5 Å². The first kappa shape index (κ1) is 16.7. The number of hydrogen-bond acceptors (Lipinski definition) is 4. The molecule has 0 unspecified atom stereocenters. The van der Waals surface area contributed by atoms with Gasteiger partial charge in [-0.15, -0.1) is 0 Å². The van der Waals surface area contributed by atoms with Crippen LogP contribution in [0.5, 0.6) is 0 Å². The van der Waals surface area contributed by atoms with Crippen molar-refractivity contribution in [2.75, 3.05) is 19.8 Å². The van der Waals surface area contributed by atoms with E-state index in [0.29, 0.717) is 30.0 Å². The van der Waals surface area contributed by atoms with Gasteiger partial charge in [0, 0.05) is 18.2 Å². The van der Waals surface area contributed by atoms with E-state index in [0.717, 1.165) is 0 Å². The number of ether oxygens (including phenoxy) is 1. The largest absolute Gasteiger partial charge is 0.396 e. The molecule has 2 atom stereocenters. The Morgan fingerprint density at radius 3 is 2.91 bits per heavy atom. The average molecular weight is 327 g/mol. The molecule has 0 bridgehead atoms. The van der Waals surface area contributed by atoms with Crippen molar-refractivity contribution >= 4 is 23.4 Å². The SMILES string of the molecule is O=C1CO[C@H](C(=O)NCCCCO)[C@@H](c2ccccc2Cl)N1. The fraction of sp³-hybridized carbons (Fsp3) is 0.467. The van der Waals surface area contributed by atoms with Crippen LogP contribution in [0.25, 0.3) is 0 Å². The van der Waals surface area contributed by atoms with Crippen LogP contribution in [0.2, 0.25) is 5.02 Å². The maximum atomic E-state index is 12.3. The highest BCUT2D eigenvalue weighted by molar-refractivity contribution is 6.31. The number of carbonyl (C=O) groups is 2. The number of unbranched alkanes of at least 4 members (excludes halogenated alkanes) is 1. The molecule has 1 saturated heterocycles. The van der Waals surface area contributed by atoms with Crippen LogP contribution < -0.4 is 10.6 Å². The Kier molecular flexibility index (Phi) is 6.18. The summed E-state index contributed by atoms with van der Waals surface area (Å²) in [6.45, 7) is 0.381. The molecule has 0 spiro atoms. The van der Waals surface area contributed by atoms with E-state index in [2.05, 4.69) is 10.6 Å². The number of carbonyl (C=O) groups excluding carboxylic acids is 2. The van der Waals surface area contributed by atoms with Crippen molar-refractivity contribution in [3.05, 3.63) is 34.9 Å². The van der Waals surface area contributed by atoms with Gasteiger partial charge in [-0.3, -0.25) is 9.59 Å². The summed E-state index contributed by atoms with van der Waals surface area (Å²) < 4.78 is 5.40. The van der Waals surface area contributed by atoms with Gasteiger partial charge in [0.15, 0.2) is 6.10 Å². The van der Waals surface area contributed by atoms with E-state index >= 15 is 0 Å². The first-order chi connectivity index (χ1) is 10.6. The number of hydrogen-bond donors (Lipinski definition) is 3. The minimum atomic E-state index is -0.827. The van der Waals surface area contributed by atoms with E-state index in [4.69, 9.17) is 21.4 Å². The van der Waals surface area contributed by atoms with Crippen molar-refractivity contribution in [3.63, 3.8) is 0 Å². The van der Waals surface area contributed by atoms with E-state index in [-0.39, 0.29) is 25.0 Å². The molecule has 0 saturated carbocycles. The van der Waals surface area contributed by atoms with Gasteiger partial charge in [0.05, 0.1) is 6.04 Å². The van der Waals surface area contributed by atoms with E-state index < -0.39 is 12.1 Å². The van der Waals surface area contributed by atoms with Crippen molar-refractivity contribution in [2.45, 2.75) is 25.0 Å². The zero-order chi connectivity index (χ0) is 15.9. The van der Waals surface area contributed by atoms with Gasteiger partial charge in [0.2, 0.25) is 5.91 Å². The summed E-state index contributed by atoms with van der Waals surface area (Å²) in [6, 6.07) is 6.41. The highest BCUT2D eigenvalue weighted by Crippen LogP contribution is 2.28. The molecular weight excluding hydrogens is 308 g/mol. The van der Waals surface area contributed by atoms with E-state index in [9.17, 15) is 9.59 Å². The number of aliphatic hydroxyl groups is 1. The second-order valence-corrected chi connectivity index (χ2v) is 5.43. The number of amides is 2. The Balaban J connectivity index is 2.08. The van der Waals surface area contributed by atoms with E-state index in [1.807, 2.05) is 0 Å². The molecule has 1 aliphatic heterocycles. The molecule has 6 nitrogen and oxygen atoms in total. The zero-order valence-corrected chi connectivity index (χ0v) is 12.8. The predicted octanol–water partition coefficient (Wildman–Crippen LogP) is 0.785. The van der Waals surface area contributed by atoms with Gasteiger partial charge >= 0.3 is 0 Å². The lowest BCUT2D eigenvalue weighted by Gasteiger charge is -2.32. The van der Waals surface area contributed by atoms with Crippen LogP contribution in [-0.2, 0) is 14.3 Å². The summed E-state index contributed by atoms with van der Waals surface area (Å²) in [5.41, 5.74) is 0.646. The van der Waals surface area contributed by atoms with Crippen LogP contribution in [0.4, 0.5) is 0 Å². The quantitative estimate of drug-likeness (QED) is 0.674. The molecule has 7 heteroatoms. The highest BCUT2D eigenvalue weighted by Gasteiger charge is 2.36.